The fourth-order valence-electron chi connectivity index (χ4n) is 4.21. The Bertz CT molecular complexity index is 848. The lowest BCUT2D eigenvalue weighted by molar-refractivity contribution is -0.117. The van der Waals surface area contributed by atoms with Crippen molar-refractivity contribution >= 4 is 23.2 Å². The molecule has 2 aromatic rings. The van der Waals surface area contributed by atoms with Crippen LogP contribution in [0, 0.1) is 5.41 Å². The van der Waals surface area contributed by atoms with E-state index in [2.05, 4.69) is 0 Å². The topological polar surface area (TPSA) is 43.9 Å². The van der Waals surface area contributed by atoms with E-state index in [1.807, 2.05) is 83.4 Å². The average molecular weight is 363 g/mol. The summed E-state index contributed by atoms with van der Waals surface area (Å²) in [7, 11) is 3.97. The Labute approximate surface area is 160 Å². The average Bonchev–Trinajstić information content (AvgIpc) is 3.25. The molecule has 0 aromatic heterocycles. The molecule has 2 heterocycles. The molecular weight excluding hydrogens is 338 g/mol. The van der Waals surface area contributed by atoms with E-state index in [4.69, 9.17) is 0 Å². The van der Waals surface area contributed by atoms with E-state index in [0.717, 1.165) is 17.8 Å². The highest BCUT2D eigenvalue weighted by Crippen LogP contribution is 2.42. The monoisotopic (exact) mass is 363 g/mol. The van der Waals surface area contributed by atoms with Crippen LogP contribution in [0.1, 0.15) is 23.2 Å². The van der Waals surface area contributed by atoms with Crippen molar-refractivity contribution in [1.29, 1.82) is 0 Å². The molecule has 2 fully saturated rings. The number of carbonyl (C=O) groups is 2. The Kier molecular flexibility index (Phi) is 4.38. The second kappa shape index (κ2) is 6.72. The minimum atomic E-state index is -0.119. The zero-order valence-corrected chi connectivity index (χ0v) is 15.9. The number of likely N-dealkylation sites (tertiary alicyclic amines) is 1. The SMILES string of the molecule is CN(C)c1ccc(C(=O)N2CC[C@]3(CC(=O)N(c4ccccc4)C3)C2)cc1. The van der Waals surface area contributed by atoms with Crippen LogP contribution in [0.2, 0.25) is 0 Å². The zero-order chi connectivity index (χ0) is 19.0. The number of anilines is 2. The normalized spacial score (nSPS) is 21.9. The molecule has 0 saturated carbocycles. The quantitative estimate of drug-likeness (QED) is 0.842. The molecule has 2 aromatic carbocycles. The Morgan fingerprint density at radius 1 is 1.00 bits per heavy atom. The van der Waals surface area contributed by atoms with Crippen molar-refractivity contribution in [1.82, 2.24) is 4.90 Å². The van der Waals surface area contributed by atoms with Crippen LogP contribution >= 0.6 is 0 Å². The Balaban J connectivity index is 1.47. The maximum Gasteiger partial charge on any atom is 0.253 e. The Hall–Kier alpha value is -2.82. The van der Waals surface area contributed by atoms with Gasteiger partial charge in [0.2, 0.25) is 5.91 Å². The molecule has 0 N–H and O–H groups in total. The molecule has 0 aliphatic carbocycles. The summed E-state index contributed by atoms with van der Waals surface area (Å²) >= 11 is 0. The van der Waals surface area contributed by atoms with Gasteiger partial charge in [-0.25, -0.2) is 0 Å². The van der Waals surface area contributed by atoms with Gasteiger partial charge in [0.25, 0.3) is 5.91 Å². The molecule has 1 atom stereocenters. The van der Waals surface area contributed by atoms with E-state index < -0.39 is 0 Å². The van der Waals surface area contributed by atoms with Gasteiger partial charge in [-0.3, -0.25) is 9.59 Å². The Morgan fingerprint density at radius 3 is 2.37 bits per heavy atom. The summed E-state index contributed by atoms with van der Waals surface area (Å²) < 4.78 is 0. The number of nitrogens with zero attached hydrogens (tertiary/aromatic N) is 3. The van der Waals surface area contributed by atoms with E-state index in [0.29, 0.717) is 31.6 Å². The molecule has 5 nitrogen and oxygen atoms in total. The third-order valence-corrected chi connectivity index (χ3v) is 5.74. The standard InChI is InChI=1S/C22H25N3O2/c1-23(2)18-10-8-17(9-11-18)21(27)24-13-12-22(15-24)14-20(26)25(16-22)19-6-4-3-5-7-19/h3-11H,12-16H2,1-2H3/t22-/m0/s1. The number of amides is 2. The summed E-state index contributed by atoms with van der Waals surface area (Å²) in [4.78, 5) is 31.3. The molecule has 0 bridgehead atoms. The molecule has 1 spiro atoms. The lowest BCUT2D eigenvalue weighted by Crippen LogP contribution is -2.34. The van der Waals surface area contributed by atoms with Gasteiger partial charge >= 0.3 is 0 Å². The summed E-state index contributed by atoms with van der Waals surface area (Å²) in [6.45, 7) is 2.06. The van der Waals surface area contributed by atoms with Crippen LogP contribution in [-0.2, 0) is 4.79 Å². The summed E-state index contributed by atoms with van der Waals surface area (Å²) in [6, 6.07) is 17.5. The van der Waals surface area contributed by atoms with E-state index in [1.165, 1.54) is 0 Å². The van der Waals surface area contributed by atoms with Crippen molar-refractivity contribution in [2.24, 2.45) is 5.41 Å². The molecule has 2 amide bonds. The largest absolute Gasteiger partial charge is 0.378 e. The zero-order valence-electron chi connectivity index (χ0n) is 15.9. The van der Waals surface area contributed by atoms with Crippen molar-refractivity contribution in [3.8, 4) is 0 Å². The van der Waals surface area contributed by atoms with Gasteiger partial charge in [0, 0.05) is 62.5 Å². The molecule has 27 heavy (non-hydrogen) atoms. The van der Waals surface area contributed by atoms with Crippen LogP contribution in [0.15, 0.2) is 54.6 Å². The Morgan fingerprint density at radius 2 is 1.70 bits per heavy atom. The van der Waals surface area contributed by atoms with Crippen LogP contribution < -0.4 is 9.80 Å². The molecule has 5 heteroatoms. The highest BCUT2D eigenvalue weighted by molar-refractivity contribution is 5.97. The first-order valence-corrected chi connectivity index (χ1v) is 9.40. The first kappa shape index (κ1) is 17.6. The number of hydrogen-bond acceptors (Lipinski definition) is 3. The fourth-order valence-corrected chi connectivity index (χ4v) is 4.21. The molecule has 2 aliphatic heterocycles. The summed E-state index contributed by atoms with van der Waals surface area (Å²) in [5.74, 6) is 0.216. The number of carbonyl (C=O) groups excluding carboxylic acids is 2. The number of benzene rings is 2. The molecule has 4 rings (SSSR count). The van der Waals surface area contributed by atoms with Crippen LogP contribution in [0.3, 0.4) is 0 Å². The van der Waals surface area contributed by atoms with Crippen molar-refractivity contribution in [2.75, 3.05) is 43.5 Å². The predicted molar refractivity (Wildman–Crippen MR) is 107 cm³/mol. The fraction of sp³-hybridized carbons (Fsp3) is 0.364. The van der Waals surface area contributed by atoms with Crippen molar-refractivity contribution in [3.05, 3.63) is 60.2 Å². The minimum Gasteiger partial charge on any atom is -0.378 e. The molecule has 2 saturated heterocycles. The van der Waals surface area contributed by atoms with Crippen molar-refractivity contribution in [2.45, 2.75) is 12.8 Å². The molecular formula is C22H25N3O2. The third kappa shape index (κ3) is 3.29. The first-order chi connectivity index (χ1) is 13.0. The van der Waals surface area contributed by atoms with E-state index in [-0.39, 0.29) is 17.2 Å². The van der Waals surface area contributed by atoms with Gasteiger partial charge in [-0.05, 0) is 42.8 Å². The van der Waals surface area contributed by atoms with Crippen LogP contribution in [0.25, 0.3) is 0 Å². The van der Waals surface area contributed by atoms with Crippen LogP contribution in [0.5, 0.6) is 0 Å². The van der Waals surface area contributed by atoms with Crippen molar-refractivity contribution < 1.29 is 9.59 Å². The molecule has 0 radical (unpaired) electrons. The van der Waals surface area contributed by atoms with Gasteiger partial charge in [0.15, 0.2) is 0 Å². The number of rotatable bonds is 3. The first-order valence-electron chi connectivity index (χ1n) is 9.40. The predicted octanol–water partition coefficient (Wildman–Crippen LogP) is 3.02. The van der Waals surface area contributed by atoms with Gasteiger partial charge in [-0.15, -0.1) is 0 Å². The van der Waals surface area contributed by atoms with E-state index in [1.54, 1.807) is 0 Å². The second-order valence-corrected chi connectivity index (χ2v) is 7.91. The van der Waals surface area contributed by atoms with Crippen LogP contribution in [-0.4, -0.2) is 50.4 Å². The summed E-state index contributed by atoms with van der Waals surface area (Å²) in [5.41, 5.74) is 2.61. The summed E-state index contributed by atoms with van der Waals surface area (Å²) in [5, 5.41) is 0. The maximum absolute atomic E-state index is 12.9. The minimum absolute atomic E-state index is 0.0581. The second-order valence-electron chi connectivity index (χ2n) is 7.91. The third-order valence-electron chi connectivity index (χ3n) is 5.74. The number of para-hydroxylation sites is 1. The lowest BCUT2D eigenvalue weighted by Gasteiger charge is -2.24. The van der Waals surface area contributed by atoms with Crippen molar-refractivity contribution in [3.63, 3.8) is 0 Å². The van der Waals surface area contributed by atoms with Gasteiger partial charge in [-0.1, -0.05) is 18.2 Å². The molecule has 2 aliphatic rings. The van der Waals surface area contributed by atoms with Gasteiger partial charge in [0.1, 0.15) is 0 Å². The highest BCUT2D eigenvalue weighted by atomic mass is 16.2. The molecule has 0 unspecified atom stereocenters. The van der Waals surface area contributed by atoms with Gasteiger partial charge in [-0.2, -0.15) is 0 Å². The molecule has 140 valence electrons. The lowest BCUT2D eigenvalue weighted by atomic mass is 9.86. The van der Waals surface area contributed by atoms with E-state index in [9.17, 15) is 9.59 Å². The van der Waals surface area contributed by atoms with Gasteiger partial charge in [0.05, 0.1) is 0 Å². The highest BCUT2D eigenvalue weighted by Gasteiger charge is 2.48. The maximum atomic E-state index is 12.9. The van der Waals surface area contributed by atoms with Gasteiger partial charge < -0.3 is 14.7 Å². The smallest absolute Gasteiger partial charge is 0.253 e. The van der Waals surface area contributed by atoms with Crippen LogP contribution in [0.4, 0.5) is 11.4 Å². The summed E-state index contributed by atoms with van der Waals surface area (Å²) in [6.07, 6.45) is 1.40. The number of hydrogen-bond donors (Lipinski definition) is 0. The van der Waals surface area contributed by atoms with E-state index >= 15 is 0 Å².